The zero-order valence-corrected chi connectivity index (χ0v) is 11.1. The van der Waals surface area contributed by atoms with Crippen molar-refractivity contribution in [1.29, 1.82) is 0 Å². The van der Waals surface area contributed by atoms with Crippen LogP contribution in [0.5, 0.6) is 0 Å². The third-order valence-corrected chi connectivity index (χ3v) is 2.91. The summed E-state index contributed by atoms with van der Waals surface area (Å²) < 4.78 is 0. The van der Waals surface area contributed by atoms with Gasteiger partial charge in [-0.3, -0.25) is 0 Å². The Labute approximate surface area is 108 Å². The lowest BCUT2D eigenvalue weighted by molar-refractivity contribution is 0.281. The highest BCUT2D eigenvalue weighted by atomic mass is 16.3. The first-order chi connectivity index (χ1) is 8.72. The van der Waals surface area contributed by atoms with Crippen molar-refractivity contribution < 1.29 is 5.11 Å². The standard InChI is InChI=1S/C13H22N4O/c1-3-6-14-11-7-12(15-9(2)8-18)17-13(16-11)10-4-5-10/h7,9-10,18H,3-6,8H2,1-2H3,(H2,14,15,16,17). The maximum Gasteiger partial charge on any atom is 0.136 e. The Hall–Kier alpha value is -1.36. The van der Waals surface area contributed by atoms with E-state index < -0.39 is 0 Å². The molecule has 0 aromatic carbocycles. The monoisotopic (exact) mass is 250 g/mol. The van der Waals surface area contributed by atoms with Crippen LogP contribution >= 0.6 is 0 Å². The smallest absolute Gasteiger partial charge is 0.136 e. The SMILES string of the molecule is CCCNc1cc(NC(C)CO)nc(C2CC2)n1. The Morgan fingerprint density at radius 1 is 1.39 bits per heavy atom. The van der Waals surface area contributed by atoms with E-state index in [-0.39, 0.29) is 12.6 Å². The Morgan fingerprint density at radius 2 is 2.11 bits per heavy atom. The van der Waals surface area contributed by atoms with Gasteiger partial charge in [0.25, 0.3) is 0 Å². The number of rotatable bonds is 7. The molecule has 1 aromatic heterocycles. The van der Waals surface area contributed by atoms with E-state index >= 15 is 0 Å². The Bertz CT molecular complexity index is 393. The van der Waals surface area contributed by atoms with Crippen LogP contribution in [0.15, 0.2) is 6.07 Å². The van der Waals surface area contributed by atoms with Gasteiger partial charge in [0.05, 0.1) is 6.61 Å². The first-order valence-electron chi connectivity index (χ1n) is 6.73. The van der Waals surface area contributed by atoms with Crippen molar-refractivity contribution in [3.8, 4) is 0 Å². The summed E-state index contributed by atoms with van der Waals surface area (Å²) in [6.45, 7) is 5.07. The van der Waals surface area contributed by atoms with E-state index in [9.17, 15) is 0 Å². The molecule has 0 bridgehead atoms. The van der Waals surface area contributed by atoms with Crippen molar-refractivity contribution in [3.63, 3.8) is 0 Å². The number of anilines is 2. The van der Waals surface area contributed by atoms with E-state index in [0.717, 1.165) is 30.4 Å². The van der Waals surface area contributed by atoms with Crippen LogP contribution in [0.1, 0.15) is 44.9 Å². The molecule has 2 rings (SSSR count). The van der Waals surface area contributed by atoms with Crippen molar-refractivity contribution >= 4 is 11.6 Å². The number of aliphatic hydroxyl groups is 1. The second-order valence-electron chi connectivity index (χ2n) is 4.93. The van der Waals surface area contributed by atoms with E-state index in [2.05, 4.69) is 27.5 Å². The number of nitrogens with zero attached hydrogens (tertiary/aromatic N) is 2. The largest absolute Gasteiger partial charge is 0.394 e. The summed E-state index contributed by atoms with van der Waals surface area (Å²) in [6.07, 6.45) is 3.44. The van der Waals surface area contributed by atoms with Crippen LogP contribution in [0.25, 0.3) is 0 Å². The first-order valence-corrected chi connectivity index (χ1v) is 6.73. The zero-order chi connectivity index (χ0) is 13.0. The molecule has 3 N–H and O–H groups in total. The van der Waals surface area contributed by atoms with Gasteiger partial charge in [0, 0.05) is 24.6 Å². The molecule has 1 unspecified atom stereocenters. The maximum atomic E-state index is 9.08. The third-order valence-electron chi connectivity index (χ3n) is 2.91. The molecule has 1 heterocycles. The fourth-order valence-electron chi connectivity index (χ4n) is 1.71. The van der Waals surface area contributed by atoms with E-state index in [0.29, 0.717) is 5.92 Å². The van der Waals surface area contributed by atoms with Crippen molar-refractivity contribution in [2.45, 2.75) is 45.1 Å². The van der Waals surface area contributed by atoms with E-state index in [1.165, 1.54) is 12.8 Å². The van der Waals surface area contributed by atoms with Crippen LogP contribution in [0, 0.1) is 0 Å². The zero-order valence-electron chi connectivity index (χ0n) is 11.1. The Balaban J connectivity index is 2.13. The van der Waals surface area contributed by atoms with Gasteiger partial charge in [-0.25, -0.2) is 9.97 Å². The summed E-state index contributed by atoms with van der Waals surface area (Å²) in [4.78, 5) is 9.06. The summed E-state index contributed by atoms with van der Waals surface area (Å²) in [7, 11) is 0. The third kappa shape index (κ3) is 3.57. The molecule has 0 saturated heterocycles. The van der Waals surface area contributed by atoms with Crippen molar-refractivity contribution in [2.24, 2.45) is 0 Å². The minimum atomic E-state index is 0.00554. The van der Waals surface area contributed by atoms with Gasteiger partial charge < -0.3 is 15.7 Å². The molecule has 5 heteroatoms. The average Bonchev–Trinajstić information content (AvgIpc) is 3.20. The highest BCUT2D eigenvalue weighted by molar-refractivity contribution is 5.48. The highest BCUT2D eigenvalue weighted by Gasteiger charge is 2.27. The molecule has 0 amide bonds. The normalized spacial score (nSPS) is 16.4. The molecule has 5 nitrogen and oxygen atoms in total. The maximum absolute atomic E-state index is 9.08. The molecule has 1 saturated carbocycles. The van der Waals surface area contributed by atoms with Gasteiger partial charge in [0.1, 0.15) is 17.5 Å². The fourth-order valence-corrected chi connectivity index (χ4v) is 1.71. The van der Waals surface area contributed by atoms with Gasteiger partial charge in [0.15, 0.2) is 0 Å². The number of aromatic nitrogens is 2. The molecule has 0 aliphatic heterocycles. The van der Waals surface area contributed by atoms with E-state index in [1.54, 1.807) is 0 Å². The summed E-state index contributed by atoms with van der Waals surface area (Å²) in [6, 6.07) is 1.92. The van der Waals surface area contributed by atoms with Crippen LogP contribution in [0.4, 0.5) is 11.6 Å². The molecule has 100 valence electrons. The minimum Gasteiger partial charge on any atom is -0.394 e. The number of hydrogen-bond acceptors (Lipinski definition) is 5. The molecular weight excluding hydrogens is 228 g/mol. The molecule has 18 heavy (non-hydrogen) atoms. The van der Waals surface area contributed by atoms with Gasteiger partial charge >= 0.3 is 0 Å². The Kier molecular flexibility index (Phi) is 4.36. The molecule has 1 atom stereocenters. The summed E-state index contributed by atoms with van der Waals surface area (Å²) in [5.41, 5.74) is 0. The molecule has 0 spiro atoms. The van der Waals surface area contributed by atoms with Crippen molar-refractivity contribution in [2.75, 3.05) is 23.8 Å². The van der Waals surface area contributed by atoms with Gasteiger partial charge in [-0.2, -0.15) is 0 Å². The topological polar surface area (TPSA) is 70.1 Å². The number of hydrogen-bond donors (Lipinski definition) is 3. The lowest BCUT2D eigenvalue weighted by Crippen LogP contribution is -2.20. The quantitative estimate of drug-likeness (QED) is 0.690. The lowest BCUT2D eigenvalue weighted by Gasteiger charge is -2.14. The molecule has 1 aromatic rings. The summed E-state index contributed by atoms with van der Waals surface area (Å²) in [5, 5.41) is 15.6. The van der Waals surface area contributed by atoms with Crippen molar-refractivity contribution in [1.82, 2.24) is 9.97 Å². The molecule has 1 fully saturated rings. The predicted octanol–water partition coefficient (Wildman–Crippen LogP) is 1.97. The molecule has 0 radical (unpaired) electrons. The minimum absolute atomic E-state index is 0.00554. The van der Waals surface area contributed by atoms with Gasteiger partial charge in [0.2, 0.25) is 0 Å². The lowest BCUT2D eigenvalue weighted by atomic mass is 10.3. The van der Waals surface area contributed by atoms with E-state index in [4.69, 9.17) is 5.11 Å². The molecule has 1 aliphatic rings. The fraction of sp³-hybridized carbons (Fsp3) is 0.692. The predicted molar refractivity (Wildman–Crippen MR) is 73.0 cm³/mol. The second kappa shape index (κ2) is 6.00. The van der Waals surface area contributed by atoms with Crippen LogP contribution in [-0.2, 0) is 0 Å². The molecular formula is C13H22N4O. The summed E-state index contributed by atoms with van der Waals surface area (Å²) in [5.74, 6) is 3.12. The van der Waals surface area contributed by atoms with Gasteiger partial charge in [-0.1, -0.05) is 6.92 Å². The van der Waals surface area contributed by atoms with Crippen LogP contribution < -0.4 is 10.6 Å². The van der Waals surface area contributed by atoms with Crippen molar-refractivity contribution in [3.05, 3.63) is 11.9 Å². The molecule has 1 aliphatic carbocycles. The van der Waals surface area contributed by atoms with Gasteiger partial charge in [-0.15, -0.1) is 0 Å². The van der Waals surface area contributed by atoms with Gasteiger partial charge in [-0.05, 0) is 26.2 Å². The van der Waals surface area contributed by atoms with Crippen LogP contribution in [0.2, 0.25) is 0 Å². The van der Waals surface area contributed by atoms with Crippen LogP contribution in [0.3, 0.4) is 0 Å². The van der Waals surface area contributed by atoms with Crippen LogP contribution in [-0.4, -0.2) is 34.3 Å². The highest BCUT2D eigenvalue weighted by Crippen LogP contribution is 2.38. The Morgan fingerprint density at radius 3 is 2.72 bits per heavy atom. The summed E-state index contributed by atoms with van der Waals surface area (Å²) >= 11 is 0. The number of aliphatic hydroxyl groups excluding tert-OH is 1. The van der Waals surface area contributed by atoms with E-state index in [1.807, 2.05) is 13.0 Å². The number of nitrogens with one attached hydrogen (secondary N) is 2. The first kappa shape index (κ1) is 13.1. The second-order valence-corrected chi connectivity index (χ2v) is 4.93. The average molecular weight is 250 g/mol.